The van der Waals surface area contributed by atoms with E-state index in [1.165, 1.54) is 6.07 Å². The van der Waals surface area contributed by atoms with Gasteiger partial charge in [-0.1, -0.05) is 0 Å². The third-order valence-corrected chi connectivity index (χ3v) is 6.15. The average molecular weight is 467 g/mol. The van der Waals surface area contributed by atoms with E-state index in [0.717, 1.165) is 24.6 Å². The zero-order valence-electron chi connectivity index (χ0n) is 18.4. The number of aryl methyl sites for hydroxylation is 1. The number of β-amino-alcohol motifs (C(OH)–C–C–N with tert-alkyl or cyclic N) is 1. The normalized spacial score (nSPS) is 18.1. The second-order valence-electron chi connectivity index (χ2n) is 8.90. The molecule has 1 aliphatic carbocycles. The number of aromatic amines is 2. The number of aromatic nitrogens is 5. The smallest absolute Gasteiger partial charge is 0.326 e. The van der Waals surface area contributed by atoms with E-state index in [-0.39, 0.29) is 22.7 Å². The molecule has 1 unspecified atom stereocenters. The molecular formula is C23H23F2N7O2. The number of fused-ring (bicyclic) bond motifs is 1. The lowest BCUT2D eigenvalue weighted by Gasteiger charge is -2.18. The highest BCUT2D eigenvalue weighted by Crippen LogP contribution is 2.40. The Morgan fingerprint density at radius 3 is 2.74 bits per heavy atom. The largest absolute Gasteiger partial charge is 0.421 e. The molecule has 1 aromatic carbocycles. The number of nitrogens with zero attached hydrogens (tertiary/aromatic N) is 4. The van der Waals surface area contributed by atoms with E-state index in [4.69, 9.17) is 4.74 Å². The Hall–Kier alpha value is -3.73. The summed E-state index contributed by atoms with van der Waals surface area (Å²) in [5.74, 6) is 0.322. The van der Waals surface area contributed by atoms with Gasteiger partial charge in [-0.25, -0.2) is 8.78 Å². The summed E-state index contributed by atoms with van der Waals surface area (Å²) in [5.41, 5.74) is 1.77. The van der Waals surface area contributed by atoms with Gasteiger partial charge in [-0.05, 0) is 32.3 Å². The Labute approximate surface area is 193 Å². The van der Waals surface area contributed by atoms with Crippen molar-refractivity contribution in [2.75, 3.05) is 23.3 Å². The number of halogens is 2. The van der Waals surface area contributed by atoms with E-state index < -0.39 is 17.7 Å². The van der Waals surface area contributed by atoms with Crippen molar-refractivity contribution in [2.24, 2.45) is 0 Å². The zero-order valence-corrected chi connectivity index (χ0v) is 18.4. The van der Waals surface area contributed by atoms with Gasteiger partial charge in [0.25, 0.3) is 0 Å². The molecule has 1 saturated heterocycles. The Morgan fingerprint density at radius 2 is 1.97 bits per heavy atom. The minimum Gasteiger partial charge on any atom is -0.421 e. The number of anilines is 3. The second kappa shape index (κ2) is 7.94. The Bertz CT molecular complexity index is 1380. The molecule has 3 aromatic heterocycles. The summed E-state index contributed by atoms with van der Waals surface area (Å²) in [4.78, 5) is 13.5. The first-order chi connectivity index (χ1) is 16.4. The summed E-state index contributed by atoms with van der Waals surface area (Å²) >= 11 is 0. The quantitative estimate of drug-likeness (QED) is 0.335. The fourth-order valence-electron chi connectivity index (χ4n) is 4.28. The highest BCUT2D eigenvalue weighted by molar-refractivity contribution is 5.83. The molecular weight excluding hydrogens is 444 g/mol. The van der Waals surface area contributed by atoms with Crippen LogP contribution < -0.4 is 15.0 Å². The van der Waals surface area contributed by atoms with Crippen LogP contribution in [0.25, 0.3) is 10.9 Å². The molecule has 1 atom stereocenters. The molecule has 1 aliphatic heterocycles. The highest BCUT2D eigenvalue weighted by Gasteiger charge is 2.26. The van der Waals surface area contributed by atoms with Gasteiger partial charge >= 0.3 is 6.01 Å². The first-order valence-electron chi connectivity index (χ1n) is 11.2. The number of rotatable bonds is 6. The number of nitrogens with one attached hydrogen (secondary N) is 3. The van der Waals surface area contributed by atoms with Gasteiger partial charge in [-0.2, -0.15) is 15.1 Å². The molecule has 4 N–H and O–H groups in total. The molecule has 6 rings (SSSR count). The first kappa shape index (κ1) is 20.8. The lowest BCUT2D eigenvalue weighted by molar-refractivity contribution is 0.198. The maximum absolute atomic E-state index is 15.1. The summed E-state index contributed by atoms with van der Waals surface area (Å²) in [6, 6.07) is 5.99. The maximum Gasteiger partial charge on any atom is 0.326 e. The minimum atomic E-state index is -0.706. The van der Waals surface area contributed by atoms with Crippen molar-refractivity contribution in [1.82, 2.24) is 25.1 Å². The van der Waals surface area contributed by atoms with E-state index in [9.17, 15) is 9.50 Å². The number of H-pyrrole nitrogens is 2. The molecule has 1 saturated carbocycles. The van der Waals surface area contributed by atoms with Crippen molar-refractivity contribution in [3.8, 4) is 11.8 Å². The molecule has 0 radical (unpaired) electrons. The monoisotopic (exact) mass is 467 g/mol. The van der Waals surface area contributed by atoms with Crippen molar-refractivity contribution in [3.63, 3.8) is 0 Å². The number of hydrogen-bond donors (Lipinski definition) is 4. The SMILES string of the molecule is Cc1cc2c(F)c(Oc3nc(Nc4cc(C5CC5)[nH]n4)cc(N4CCC(O)C4)n3)cc(F)c2[nH]1. The topological polar surface area (TPSA) is 115 Å². The van der Waals surface area contributed by atoms with Gasteiger partial charge in [-0.15, -0.1) is 0 Å². The molecule has 2 fully saturated rings. The molecule has 0 amide bonds. The van der Waals surface area contributed by atoms with Crippen LogP contribution in [0.5, 0.6) is 11.8 Å². The van der Waals surface area contributed by atoms with Gasteiger partial charge in [0, 0.05) is 54.0 Å². The lowest BCUT2D eigenvalue weighted by atomic mass is 10.2. The van der Waals surface area contributed by atoms with Crippen LogP contribution in [-0.2, 0) is 0 Å². The van der Waals surface area contributed by atoms with E-state index in [1.807, 2.05) is 11.0 Å². The number of ether oxygens (including phenoxy) is 1. The second-order valence-corrected chi connectivity index (χ2v) is 8.90. The molecule has 4 aromatic rings. The van der Waals surface area contributed by atoms with Crippen molar-refractivity contribution in [2.45, 2.75) is 38.2 Å². The Kier molecular flexibility index (Phi) is 4.87. The summed E-state index contributed by atoms with van der Waals surface area (Å²) in [6.07, 6.45) is 2.42. The molecule has 0 spiro atoms. The number of benzene rings is 1. The summed E-state index contributed by atoms with van der Waals surface area (Å²) < 4.78 is 35.3. The van der Waals surface area contributed by atoms with Crippen LogP contribution in [0, 0.1) is 18.6 Å². The molecule has 2 aliphatic rings. The van der Waals surface area contributed by atoms with Crippen molar-refractivity contribution >= 4 is 28.4 Å². The molecule has 0 bridgehead atoms. The molecule has 34 heavy (non-hydrogen) atoms. The zero-order chi connectivity index (χ0) is 23.4. The van der Waals surface area contributed by atoms with Crippen LogP contribution in [-0.4, -0.2) is 49.4 Å². The van der Waals surface area contributed by atoms with E-state index in [0.29, 0.717) is 48.6 Å². The van der Waals surface area contributed by atoms with Gasteiger partial charge in [-0.3, -0.25) is 5.10 Å². The minimum absolute atomic E-state index is 0.0791. The summed E-state index contributed by atoms with van der Waals surface area (Å²) in [7, 11) is 0. The number of hydrogen-bond acceptors (Lipinski definition) is 7. The summed E-state index contributed by atoms with van der Waals surface area (Å²) in [5, 5.41) is 20.5. The van der Waals surface area contributed by atoms with Crippen LogP contribution >= 0.6 is 0 Å². The number of aliphatic hydroxyl groups excluding tert-OH is 1. The van der Waals surface area contributed by atoms with Crippen LogP contribution in [0.15, 0.2) is 24.3 Å². The van der Waals surface area contributed by atoms with Crippen LogP contribution in [0.1, 0.15) is 36.6 Å². The highest BCUT2D eigenvalue weighted by atomic mass is 19.1. The van der Waals surface area contributed by atoms with Gasteiger partial charge in [0.2, 0.25) is 0 Å². The lowest BCUT2D eigenvalue weighted by Crippen LogP contribution is -2.22. The van der Waals surface area contributed by atoms with Gasteiger partial charge in [0.1, 0.15) is 11.6 Å². The predicted molar refractivity (Wildman–Crippen MR) is 122 cm³/mol. The van der Waals surface area contributed by atoms with Crippen molar-refractivity contribution in [1.29, 1.82) is 0 Å². The third-order valence-electron chi connectivity index (χ3n) is 6.15. The summed E-state index contributed by atoms with van der Waals surface area (Å²) in [6.45, 7) is 2.72. The standard InChI is InChI=1S/C23H23F2N7O2/c1-11-6-14-21(25)17(7-15(24)22(14)26-11)34-23-28-18(9-20(29-23)32-5-4-13(33)10-32)27-19-8-16(30-31-19)12-2-3-12/h6-9,12-13,26,33H,2-5,10H2,1H3,(H2,27,28,29,30,31). The van der Waals surface area contributed by atoms with Crippen LogP contribution in [0.4, 0.5) is 26.2 Å². The van der Waals surface area contributed by atoms with E-state index >= 15 is 4.39 Å². The molecule has 9 nitrogen and oxygen atoms in total. The number of aliphatic hydroxyl groups is 1. The van der Waals surface area contributed by atoms with Crippen LogP contribution in [0.3, 0.4) is 0 Å². The fraction of sp³-hybridized carbons (Fsp3) is 0.348. The van der Waals surface area contributed by atoms with E-state index in [2.05, 4.69) is 30.5 Å². The van der Waals surface area contributed by atoms with Crippen molar-refractivity contribution in [3.05, 3.63) is 47.3 Å². The molecule has 176 valence electrons. The molecule has 11 heteroatoms. The fourth-order valence-corrected chi connectivity index (χ4v) is 4.28. The predicted octanol–water partition coefficient (Wildman–Crippen LogP) is 4.25. The van der Waals surface area contributed by atoms with Gasteiger partial charge in [0.05, 0.1) is 11.6 Å². The Balaban J connectivity index is 1.35. The van der Waals surface area contributed by atoms with Gasteiger partial charge < -0.3 is 25.0 Å². The molecule has 4 heterocycles. The van der Waals surface area contributed by atoms with Crippen LogP contribution in [0.2, 0.25) is 0 Å². The van der Waals surface area contributed by atoms with Gasteiger partial charge in [0.15, 0.2) is 23.2 Å². The Morgan fingerprint density at radius 1 is 1.12 bits per heavy atom. The first-order valence-corrected chi connectivity index (χ1v) is 11.2. The average Bonchev–Trinajstić information content (AvgIpc) is 3.18. The maximum atomic E-state index is 15.1. The van der Waals surface area contributed by atoms with E-state index in [1.54, 1.807) is 13.0 Å². The van der Waals surface area contributed by atoms with Crippen molar-refractivity contribution < 1.29 is 18.6 Å². The third kappa shape index (κ3) is 3.92.